The summed E-state index contributed by atoms with van der Waals surface area (Å²) in [5, 5.41) is 14.9. The van der Waals surface area contributed by atoms with Crippen molar-refractivity contribution in [2.45, 2.75) is 25.9 Å². The van der Waals surface area contributed by atoms with Gasteiger partial charge in [0, 0.05) is 16.9 Å². The number of benzene rings is 3. The average molecular weight is 472 g/mol. The number of nitrogens with zero attached hydrogens (tertiary/aromatic N) is 3. The van der Waals surface area contributed by atoms with Crippen LogP contribution in [0.15, 0.2) is 78.0 Å². The first kappa shape index (κ1) is 23.3. The molecule has 0 aliphatic rings. The number of carbonyl (C=O) groups excluding carboxylic acids is 2. The van der Waals surface area contributed by atoms with Gasteiger partial charge in [0.2, 0.25) is 5.91 Å². The molecular formula is C26H25N5O2S. The lowest BCUT2D eigenvalue weighted by molar-refractivity contribution is -0.113. The van der Waals surface area contributed by atoms with Crippen LogP contribution in [0.4, 0.5) is 11.4 Å². The lowest BCUT2D eigenvalue weighted by Gasteiger charge is -2.12. The minimum absolute atomic E-state index is 0.170. The van der Waals surface area contributed by atoms with Gasteiger partial charge < -0.3 is 10.6 Å². The number of rotatable bonds is 7. The van der Waals surface area contributed by atoms with Crippen molar-refractivity contribution >= 4 is 35.0 Å². The molecular weight excluding hydrogens is 446 g/mol. The average Bonchev–Trinajstić information content (AvgIpc) is 3.20. The molecule has 0 atom stereocenters. The predicted octanol–water partition coefficient (Wildman–Crippen LogP) is 5.18. The number of carbonyl (C=O) groups is 2. The molecule has 34 heavy (non-hydrogen) atoms. The Morgan fingerprint density at radius 3 is 2.35 bits per heavy atom. The summed E-state index contributed by atoms with van der Waals surface area (Å²) in [6.07, 6.45) is 0. The van der Waals surface area contributed by atoms with Gasteiger partial charge in [-0.05, 0) is 68.3 Å². The minimum atomic E-state index is -0.208. The second kappa shape index (κ2) is 10.4. The first-order valence-corrected chi connectivity index (χ1v) is 11.8. The maximum Gasteiger partial charge on any atom is 0.255 e. The molecule has 4 rings (SSSR count). The Morgan fingerprint density at radius 1 is 0.853 bits per heavy atom. The van der Waals surface area contributed by atoms with Gasteiger partial charge in [-0.1, -0.05) is 48.2 Å². The van der Waals surface area contributed by atoms with Crippen LogP contribution >= 0.6 is 11.8 Å². The van der Waals surface area contributed by atoms with Crippen molar-refractivity contribution in [2.75, 3.05) is 16.4 Å². The van der Waals surface area contributed by atoms with Crippen LogP contribution in [0, 0.1) is 20.8 Å². The zero-order chi connectivity index (χ0) is 24.1. The summed E-state index contributed by atoms with van der Waals surface area (Å²) >= 11 is 1.32. The van der Waals surface area contributed by atoms with E-state index in [0.717, 1.165) is 22.6 Å². The topological polar surface area (TPSA) is 88.9 Å². The van der Waals surface area contributed by atoms with Gasteiger partial charge in [0.25, 0.3) is 5.91 Å². The molecule has 1 aromatic heterocycles. The molecule has 0 aliphatic carbocycles. The van der Waals surface area contributed by atoms with Crippen molar-refractivity contribution < 1.29 is 9.59 Å². The number of hydrogen-bond acceptors (Lipinski definition) is 5. The van der Waals surface area contributed by atoms with Crippen molar-refractivity contribution in [1.82, 2.24) is 14.8 Å². The molecule has 0 aliphatic heterocycles. The Kier molecular flexibility index (Phi) is 7.08. The SMILES string of the molecule is Cc1ccc(C)c(-n2c(C)nnc2SCC(=O)Nc2cccc(NC(=O)c3ccccc3)c2)c1. The van der Waals surface area contributed by atoms with E-state index in [1.165, 1.54) is 11.8 Å². The molecule has 0 spiro atoms. The van der Waals surface area contributed by atoms with Crippen LogP contribution in [0.1, 0.15) is 27.3 Å². The predicted molar refractivity (Wildman–Crippen MR) is 136 cm³/mol. The lowest BCUT2D eigenvalue weighted by Crippen LogP contribution is -2.15. The normalized spacial score (nSPS) is 10.7. The molecule has 0 unspecified atom stereocenters. The van der Waals surface area contributed by atoms with E-state index in [9.17, 15) is 9.59 Å². The number of nitrogens with one attached hydrogen (secondary N) is 2. The molecule has 0 saturated heterocycles. The summed E-state index contributed by atoms with van der Waals surface area (Å²) in [6, 6.07) is 22.3. The molecule has 2 N–H and O–H groups in total. The maximum atomic E-state index is 12.6. The highest BCUT2D eigenvalue weighted by Gasteiger charge is 2.15. The van der Waals surface area contributed by atoms with E-state index in [1.54, 1.807) is 36.4 Å². The Bertz CT molecular complexity index is 1330. The van der Waals surface area contributed by atoms with Crippen LogP contribution in [-0.2, 0) is 4.79 Å². The van der Waals surface area contributed by atoms with Crippen LogP contribution in [0.25, 0.3) is 5.69 Å². The Morgan fingerprint density at radius 2 is 1.59 bits per heavy atom. The molecule has 2 amide bonds. The number of aromatic nitrogens is 3. The minimum Gasteiger partial charge on any atom is -0.325 e. The largest absolute Gasteiger partial charge is 0.325 e. The highest BCUT2D eigenvalue weighted by atomic mass is 32.2. The maximum absolute atomic E-state index is 12.6. The standard InChI is InChI=1S/C26H25N5O2S/c1-17-12-13-18(2)23(14-17)31-19(3)29-30-26(31)34-16-24(32)27-21-10-7-11-22(15-21)28-25(33)20-8-5-4-6-9-20/h4-15H,16H2,1-3H3,(H,27,32)(H,28,33). The molecule has 0 saturated carbocycles. The van der Waals surface area contributed by atoms with Gasteiger partial charge >= 0.3 is 0 Å². The molecule has 0 fully saturated rings. The molecule has 3 aromatic carbocycles. The van der Waals surface area contributed by atoms with Gasteiger partial charge in [0.05, 0.1) is 11.4 Å². The number of aryl methyl sites for hydroxylation is 3. The van der Waals surface area contributed by atoms with Gasteiger partial charge in [0.1, 0.15) is 5.82 Å². The van der Waals surface area contributed by atoms with Crippen molar-refractivity contribution in [1.29, 1.82) is 0 Å². The van der Waals surface area contributed by atoms with Crippen LogP contribution in [0.2, 0.25) is 0 Å². The number of thioether (sulfide) groups is 1. The van der Waals surface area contributed by atoms with Crippen molar-refractivity contribution in [3.8, 4) is 5.69 Å². The molecule has 7 nitrogen and oxygen atoms in total. The number of hydrogen-bond donors (Lipinski definition) is 2. The first-order chi connectivity index (χ1) is 16.4. The monoisotopic (exact) mass is 471 g/mol. The van der Waals surface area contributed by atoms with E-state index in [2.05, 4.69) is 39.0 Å². The molecule has 0 radical (unpaired) electrons. The van der Waals surface area contributed by atoms with Crippen molar-refractivity contribution in [2.24, 2.45) is 0 Å². The van der Waals surface area contributed by atoms with E-state index in [-0.39, 0.29) is 17.6 Å². The zero-order valence-corrected chi connectivity index (χ0v) is 20.0. The second-order valence-electron chi connectivity index (χ2n) is 7.89. The van der Waals surface area contributed by atoms with E-state index in [4.69, 9.17) is 0 Å². The summed E-state index contributed by atoms with van der Waals surface area (Å²) in [7, 11) is 0. The van der Waals surface area contributed by atoms with Crippen LogP contribution < -0.4 is 10.6 Å². The second-order valence-corrected chi connectivity index (χ2v) is 8.84. The van der Waals surface area contributed by atoms with Crippen LogP contribution in [0.5, 0.6) is 0 Å². The Hall–Kier alpha value is -3.91. The van der Waals surface area contributed by atoms with Gasteiger partial charge in [-0.15, -0.1) is 10.2 Å². The fourth-order valence-corrected chi connectivity index (χ4v) is 4.26. The smallest absolute Gasteiger partial charge is 0.255 e. The summed E-state index contributed by atoms with van der Waals surface area (Å²) < 4.78 is 1.97. The summed E-state index contributed by atoms with van der Waals surface area (Å²) in [4.78, 5) is 25.0. The third-order valence-electron chi connectivity index (χ3n) is 5.17. The molecule has 172 valence electrons. The van der Waals surface area contributed by atoms with Crippen LogP contribution in [-0.4, -0.2) is 32.3 Å². The zero-order valence-electron chi connectivity index (χ0n) is 19.2. The third-order valence-corrected chi connectivity index (χ3v) is 6.10. The Labute approximate surface area is 202 Å². The van der Waals surface area contributed by atoms with E-state index >= 15 is 0 Å². The Balaban J connectivity index is 1.40. The number of anilines is 2. The fourth-order valence-electron chi connectivity index (χ4n) is 3.47. The van der Waals surface area contributed by atoms with Crippen molar-refractivity contribution in [3.05, 3.63) is 95.3 Å². The van der Waals surface area contributed by atoms with E-state index in [1.807, 2.05) is 43.5 Å². The number of amides is 2. The van der Waals surface area contributed by atoms with Crippen molar-refractivity contribution in [3.63, 3.8) is 0 Å². The summed E-state index contributed by atoms with van der Waals surface area (Å²) in [5.74, 6) is 0.549. The van der Waals surface area contributed by atoms with Gasteiger partial charge in [-0.3, -0.25) is 14.2 Å². The summed E-state index contributed by atoms with van der Waals surface area (Å²) in [5.41, 5.74) is 5.02. The molecule has 4 aromatic rings. The lowest BCUT2D eigenvalue weighted by atomic mass is 10.1. The van der Waals surface area contributed by atoms with E-state index < -0.39 is 0 Å². The fraction of sp³-hybridized carbons (Fsp3) is 0.154. The first-order valence-electron chi connectivity index (χ1n) is 10.8. The molecule has 8 heteroatoms. The van der Waals surface area contributed by atoms with E-state index in [0.29, 0.717) is 22.1 Å². The van der Waals surface area contributed by atoms with Crippen LogP contribution in [0.3, 0.4) is 0 Å². The highest BCUT2D eigenvalue weighted by Crippen LogP contribution is 2.25. The third kappa shape index (κ3) is 5.52. The quantitative estimate of drug-likeness (QED) is 0.363. The molecule has 0 bridgehead atoms. The van der Waals surface area contributed by atoms with Gasteiger partial charge in [0.15, 0.2) is 5.16 Å². The summed E-state index contributed by atoms with van der Waals surface area (Å²) in [6.45, 7) is 5.98. The molecule has 1 heterocycles. The highest BCUT2D eigenvalue weighted by molar-refractivity contribution is 7.99. The van der Waals surface area contributed by atoms with Gasteiger partial charge in [-0.2, -0.15) is 0 Å². The van der Waals surface area contributed by atoms with Gasteiger partial charge in [-0.25, -0.2) is 0 Å².